The first-order valence-corrected chi connectivity index (χ1v) is 13.7. The second-order valence-corrected chi connectivity index (χ2v) is 11.6. The van der Waals surface area contributed by atoms with Crippen LogP contribution >= 0.6 is 79.5 Å². The van der Waals surface area contributed by atoms with Crippen LogP contribution < -0.4 is 5.32 Å². The van der Waals surface area contributed by atoms with E-state index in [1.165, 1.54) is 17.3 Å². The van der Waals surface area contributed by atoms with Gasteiger partial charge in [-0.1, -0.05) is 42.1 Å². The van der Waals surface area contributed by atoms with Crippen LogP contribution in [0.25, 0.3) is 0 Å². The summed E-state index contributed by atoms with van der Waals surface area (Å²) >= 11 is 8.21. The van der Waals surface area contributed by atoms with Gasteiger partial charge < -0.3 is 9.88 Å². The van der Waals surface area contributed by atoms with Gasteiger partial charge in [-0.2, -0.15) is 0 Å². The van der Waals surface area contributed by atoms with Crippen molar-refractivity contribution in [2.24, 2.45) is 0 Å². The van der Waals surface area contributed by atoms with Crippen LogP contribution in [0.1, 0.15) is 24.4 Å². The normalized spacial score (nSPS) is 12.2. The SMILES string of the molecule is C[C@@H](c1nnc(SCC(=O)Nc2c(I)cc(I)cc2I)n1Cc1ccccc1)N(C)C. The Morgan fingerprint density at radius 1 is 1.13 bits per heavy atom. The summed E-state index contributed by atoms with van der Waals surface area (Å²) in [5.41, 5.74) is 2.03. The molecule has 164 valence electrons. The number of rotatable bonds is 8. The lowest BCUT2D eigenvalue weighted by Gasteiger charge is -2.20. The van der Waals surface area contributed by atoms with Crippen molar-refractivity contribution < 1.29 is 4.79 Å². The standard InChI is InChI=1S/C21H22I3N5OS/c1-13(28(2)3)20-26-27-21(29(20)11-14-7-5-4-6-8-14)31-12-18(30)25-19-16(23)9-15(22)10-17(19)24/h4-10,13H,11-12H2,1-3H3,(H,25,30)/t13-/m0/s1. The molecule has 0 aliphatic rings. The molecule has 0 radical (unpaired) electrons. The lowest BCUT2D eigenvalue weighted by molar-refractivity contribution is -0.113. The predicted octanol–water partition coefficient (Wildman–Crippen LogP) is 5.49. The summed E-state index contributed by atoms with van der Waals surface area (Å²) in [6.45, 7) is 2.77. The number of thioether (sulfide) groups is 1. The summed E-state index contributed by atoms with van der Waals surface area (Å²) in [5, 5.41) is 12.6. The summed E-state index contributed by atoms with van der Waals surface area (Å²) in [6.07, 6.45) is 0. The van der Waals surface area contributed by atoms with E-state index in [0.717, 1.165) is 27.4 Å². The topological polar surface area (TPSA) is 63.1 Å². The number of nitrogens with one attached hydrogen (secondary N) is 1. The van der Waals surface area contributed by atoms with Gasteiger partial charge in [-0.15, -0.1) is 10.2 Å². The molecule has 10 heteroatoms. The van der Waals surface area contributed by atoms with Crippen LogP contribution in [0.4, 0.5) is 5.69 Å². The Balaban J connectivity index is 1.77. The van der Waals surface area contributed by atoms with E-state index in [0.29, 0.717) is 6.54 Å². The quantitative estimate of drug-likeness (QED) is 0.243. The van der Waals surface area contributed by atoms with E-state index in [-0.39, 0.29) is 17.7 Å². The highest BCUT2D eigenvalue weighted by atomic mass is 127. The molecule has 1 aromatic heterocycles. The fourth-order valence-electron chi connectivity index (χ4n) is 2.83. The number of halogens is 3. The molecular formula is C21H22I3N5OS. The third kappa shape index (κ3) is 6.77. The minimum Gasteiger partial charge on any atom is -0.324 e. The van der Waals surface area contributed by atoms with Crippen molar-refractivity contribution in [1.29, 1.82) is 0 Å². The maximum Gasteiger partial charge on any atom is 0.234 e. The van der Waals surface area contributed by atoms with Gasteiger partial charge in [0.05, 0.1) is 24.0 Å². The van der Waals surface area contributed by atoms with Gasteiger partial charge in [0.1, 0.15) is 0 Å². The van der Waals surface area contributed by atoms with Gasteiger partial charge in [0.2, 0.25) is 5.91 Å². The second-order valence-electron chi connectivity index (χ2n) is 7.13. The van der Waals surface area contributed by atoms with E-state index in [9.17, 15) is 4.79 Å². The summed E-state index contributed by atoms with van der Waals surface area (Å²) < 4.78 is 5.31. The summed E-state index contributed by atoms with van der Waals surface area (Å²) in [7, 11) is 4.05. The molecule has 0 saturated heterocycles. The Morgan fingerprint density at radius 2 is 1.77 bits per heavy atom. The Kier molecular flexibility index (Phi) is 9.43. The second kappa shape index (κ2) is 11.6. The van der Waals surface area contributed by atoms with Crippen molar-refractivity contribution in [2.75, 3.05) is 25.2 Å². The molecule has 1 N–H and O–H groups in total. The van der Waals surface area contributed by atoms with Crippen molar-refractivity contribution in [1.82, 2.24) is 19.7 Å². The molecule has 1 heterocycles. The third-order valence-corrected chi connectivity index (χ3v) is 7.97. The first kappa shape index (κ1) is 25.2. The average molecular weight is 773 g/mol. The van der Waals surface area contributed by atoms with Crippen LogP contribution in [0.3, 0.4) is 0 Å². The van der Waals surface area contributed by atoms with Gasteiger partial charge in [0.25, 0.3) is 0 Å². The van der Waals surface area contributed by atoms with Crippen molar-refractivity contribution in [3.05, 3.63) is 64.6 Å². The molecule has 3 aromatic rings. The molecule has 0 spiro atoms. The summed E-state index contributed by atoms with van der Waals surface area (Å²) in [5.74, 6) is 1.10. The van der Waals surface area contributed by atoms with Gasteiger partial charge in [-0.05, 0) is 106 Å². The first-order valence-electron chi connectivity index (χ1n) is 9.47. The highest BCUT2D eigenvalue weighted by Crippen LogP contribution is 2.28. The average Bonchev–Trinajstić information content (AvgIpc) is 3.11. The zero-order chi connectivity index (χ0) is 22.5. The van der Waals surface area contributed by atoms with Crippen LogP contribution in [-0.2, 0) is 11.3 Å². The van der Waals surface area contributed by atoms with Crippen molar-refractivity contribution in [3.8, 4) is 0 Å². The smallest absolute Gasteiger partial charge is 0.234 e. The molecule has 1 amide bonds. The monoisotopic (exact) mass is 773 g/mol. The Hall–Kier alpha value is -0.450. The van der Waals surface area contributed by atoms with Crippen LogP contribution in [0.5, 0.6) is 0 Å². The molecule has 0 fully saturated rings. The minimum atomic E-state index is -0.0569. The van der Waals surface area contributed by atoms with Gasteiger partial charge in [-0.3, -0.25) is 9.69 Å². The summed E-state index contributed by atoms with van der Waals surface area (Å²) in [4.78, 5) is 14.8. The number of amides is 1. The van der Waals surface area contributed by atoms with Gasteiger partial charge >= 0.3 is 0 Å². The van der Waals surface area contributed by atoms with Crippen LogP contribution in [0.15, 0.2) is 47.6 Å². The fraction of sp³-hybridized carbons (Fsp3) is 0.286. The van der Waals surface area contributed by atoms with Gasteiger partial charge in [-0.25, -0.2) is 0 Å². The minimum absolute atomic E-state index is 0.0569. The molecule has 0 saturated carbocycles. The maximum atomic E-state index is 12.7. The Labute approximate surface area is 227 Å². The number of aromatic nitrogens is 3. The lowest BCUT2D eigenvalue weighted by Crippen LogP contribution is -2.21. The van der Waals surface area contributed by atoms with E-state index in [1.807, 2.05) is 32.3 Å². The van der Waals surface area contributed by atoms with Crippen molar-refractivity contribution >= 4 is 91.1 Å². The first-order chi connectivity index (χ1) is 14.8. The van der Waals surface area contributed by atoms with Gasteiger partial charge in [0.15, 0.2) is 11.0 Å². The van der Waals surface area contributed by atoms with Crippen molar-refractivity contribution in [2.45, 2.75) is 24.7 Å². The fourth-order valence-corrected chi connectivity index (χ4v) is 7.43. The highest BCUT2D eigenvalue weighted by Gasteiger charge is 2.21. The zero-order valence-electron chi connectivity index (χ0n) is 17.3. The van der Waals surface area contributed by atoms with Gasteiger partial charge in [0, 0.05) is 10.7 Å². The zero-order valence-corrected chi connectivity index (χ0v) is 24.6. The number of carbonyl (C=O) groups excluding carboxylic acids is 1. The molecule has 0 unspecified atom stereocenters. The van der Waals surface area contributed by atoms with E-state index in [4.69, 9.17) is 0 Å². The molecule has 0 aliphatic carbocycles. The molecule has 3 rings (SSSR count). The number of anilines is 1. The van der Waals surface area contributed by atoms with E-state index < -0.39 is 0 Å². The highest BCUT2D eigenvalue weighted by molar-refractivity contribution is 14.1. The summed E-state index contributed by atoms with van der Waals surface area (Å²) in [6, 6.07) is 14.5. The largest absolute Gasteiger partial charge is 0.324 e. The van der Waals surface area contributed by atoms with Crippen LogP contribution in [-0.4, -0.2) is 45.4 Å². The Bertz CT molecular complexity index is 1040. The maximum absolute atomic E-state index is 12.7. The van der Waals surface area contributed by atoms with E-state index in [2.05, 4.69) is 124 Å². The number of nitrogens with zero attached hydrogens (tertiary/aromatic N) is 4. The molecular weight excluding hydrogens is 751 g/mol. The van der Waals surface area contributed by atoms with E-state index >= 15 is 0 Å². The third-order valence-electron chi connectivity index (χ3n) is 4.68. The number of hydrogen-bond acceptors (Lipinski definition) is 5. The molecule has 0 aliphatic heterocycles. The van der Waals surface area contributed by atoms with E-state index in [1.54, 1.807) is 0 Å². The number of hydrogen-bond donors (Lipinski definition) is 1. The van der Waals surface area contributed by atoms with Crippen molar-refractivity contribution in [3.63, 3.8) is 0 Å². The number of benzene rings is 2. The molecule has 6 nitrogen and oxygen atoms in total. The molecule has 2 aromatic carbocycles. The molecule has 31 heavy (non-hydrogen) atoms. The molecule has 1 atom stereocenters. The number of carbonyl (C=O) groups is 1. The Morgan fingerprint density at radius 3 is 2.39 bits per heavy atom. The lowest BCUT2D eigenvalue weighted by atomic mass is 10.2. The predicted molar refractivity (Wildman–Crippen MR) is 152 cm³/mol. The van der Waals surface area contributed by atoms with Crippen LogP contribution in [0, 0.1) is 10.7 Å². The molecule has 0 bridgehead atoms. The van der Waals surface area contributed by atoms with Crippen LogP contribution in [0.2, 0.25) is 0 Å².